The van der Waals surface area contributed by atoms with Crippen molar-refractivity contribution in [2.24, 2.45) is 10.2 Å². The minimum atomic E-state index is -4.39. The SMILES string of the molecule is O=[N+]([O-])c1ccc(Nc2ccc(N=Nc3ccc(S(=O)(=O)O)cc3)c([N+](=O)[O-])c2)c([N+](=O)[O-])c1.[Na]. The van der Waals surface area contributed by atoms with Crippen LogP contribution in [0.25, 0.3) is 0 Å². The molecule has 1 radical (unpaired) electrons. The number of hydrogen-bond donors (Lipinski definition) is 2. The summed E-state index contributed by atoms with van der Waals surface area (Å²) in [5.41, 5.74) is -1.69. The van der Waals surface area contributed by atoms with Crippen LogP contribution in [0.3, 0.4) is 0 Å². The molecule has 0 aliphatic carbocycles. The summed E-state index contributed by atoms with van der Waals surface area (Å²) in [4.78, 5) is 30.9. The number of rotatable bonds is 8. The Kier molecular flexibility index (Phi) is 8.67. The molecule has 3 aromatic rings. The van der Waals surface area contributed by atoms with Gasteiger partial charge in [0, 0.05) is 47.4 Å². The summed E-state index contributed by atoms with van der Waals surface area (Å²) in [7, 11) is -4.39. The molecule has 2 N–H and O–H groups in total. The van der Waals surface area contributed by atoms with Crippen molar-refractivity contribution in [2.75, 3.05) is 5.32 Å². The van der Waals surface area contributed by atoms with E-state index in [1.54, 1.807) is 0 Å². The zero-order chi connectivity index (χ0) is 25.0. The van der Waals surface area contributed by atoms with Crippen LogP contribution >= 0.6 is 0 Å². The summed E-state index contributed by atoms with van der Waals surface area (Å²) in [6.45, 7) is 0. The molecule has 0 aliphatic heterocycles. The van der Waals surface area contributed by atoms with Crippen LogP contribution in [-0.2, 0) is 10.1 Å². The molecule has 17 heteroatoms. The molecule has 3 aromatic carbocycles. The van der Waals surface area contributed by atoms with E-state index >= 15 is 0 Å². The summed E-state index contributed by atoms with van der Waals surface area (Å²) >= 11 is 0. The van der Waals surface area contributed by atoms with Crippen LogP contribution in [0, 0.1) is 30.3 Å². The van der Waals surface area contributed by atoms with Gasteiger partial charge in [-0.1, -0.05) is 0 Å². The maximum absolute atomic E-state index is 11.5. The third kappa shape index (κ3) is 6.84. The Morgan fingerprint density at radius 3 is 1.94 bits per heavy atom. The molecule has 0 aliphatic rings. The van der Waals surface area contributed by atoms with E-state index < -0.39 is 42.0 Å². The van der Waals surface area contributed by atoms with Gasteiger partial charge < -0.3 is 5.32 Å². The molecule has 15 nitrogen and oxygen atoms in total. The molecule has 0 heterocycles. The fourth-order valence-corrected chi connectivity index (χ4v) is 3.15. The number of nitrogens with zero attached hydrogens (tertiary/aromatic N) is 5. The van der Waals surface area contributed by atoms with Gasteiger partial charge in [-0.15, -0.1) is 5.11 Å². The molecule has 0 bridgehead atoms. The largest absolute Gasteiger partial charge is 0.350 e. The first-order valence-corrected chi connectivity index (χ1v) is 10.4. The average molecular weight is 511 g/mol. The second-order valence-electron chi connectivity index (χ2n) is 6.47. The fourth-order valence-electron chi connectivity index (χ4n) is 2.67. The molecule has 0 atom stereocenters. The van der Waals surface area contributed by atoms with Gasteiger partial charge in [0.25, 0.3) is 27.2 Å². The van der Waals surface area contributed by atoms with Gasteiger partial charge in [-0.05, 0) is 42.5 Å². The summed E-state index contributed by atoms with van der Waals surface area (Å²) in [5.74, 6) is 0. The van der Waals surface area contributed by atoms with Crippen molar-refractivity contribution in [2.45, 2.75) is 4.90 Å². The summed E-state index contributed by atoms with van der Waals surface area (Å²) < 4.78 is 31.1. The Labute approximate surface area is 218 Å². The van der Waals surface area contributed by atoms with Gasteiger partial charge in [0.05, 0.1) is 31.4 Å². The van der Waals surface area contributed by atoms with Crippen LogP contribution in [0.1, 0.15) is 0 Å². The molecule has 0 saturated heterocycles. The maximum Gasteiger partial charge on any atom is 0.299 e. The molecule has 0 fully saturated rings. The minimum Gasteiger partial charge on any atom is -0.350 e. The molecule has 0 aromatic heterocycles. The number of anilines is 2. The Balaban J connectivity index is 0.00000432. The Morgan fingerprint density at radius 2 is 1.40 bits per heavy atom. The third-order valence-corrected chi connectivity index (χ3v) is 5.12. The minimum absolute atomic E-state index is 0. The van der Waals surface area contributed by atoms with Gasteiger partial charge >= 0.3 is 0 Å². The van der Waals surface area contributed by atoms with E-state index in [1.807, 2.05) is 0 Å². The van der Waals surface area contributed by atoms with E-state index in [1.165, 1.54) is 24.3 Å². The van der Waals surface area contributed by atoms with Gasteiger partial charge in [0.15, 0.2) is 5.69 Å². The molecule has 35 heavy (non-hydrogen) atoms. The normalized spacial score (nSPS) is 11.0. The van der Waals surface area contributed by atoms with E-state index in [0.29, 0.717) is 0 Å². The molecule has 0 amide bonds. The number of azo groups is 1. The van der Waals surface area contributed by atoms with Crippen LogP contribution < -0.4 is 5.32 Å². The zero-order valence-electron chi connectivity index (χ0n) is 17.6. The quantitative estimate of drug-likeness (QED) is 0.142. The maximum atomic E-state index is 11.5. The van der Waals surface area contributed by atoms with Crippen molar-refractivity contribution in [3.63, 3.8) is 0 Å². The fraction of sp³-hybridized carbons (Fsp3) is 0. The van der Waals surface area contributed by atoms with Crippen molar-refractivity contribution in [3.05, 3.63) is 91.0 Å². The van der Waals surface area contributed by atoms with Gasteiger partial charge in [-0.3, -0.25) is 34.9 Å². The first-order chi connectivity index (χ1) is 16.0. The van der Waals surface area contributed by atoms with Crippen LogP contribution in [0.2, 0.25) is 0 Å². The van der Waals surface area contributed by atoms with Crippen molar-refractivity contribution >= 4 is 79.5 Å². The Hall–Kier alpha value is -3.83. The Morgan fingerprint density at radius 1 is 0.771 bits per heavy atom. The van der Waals surface area contributed by atoms with Crippen molar-refractivity contribution in [3.8, 4) is 0 Å². The second-order valence-corrected chi connectivity index (χ2v) is 7.89. The predicted molar refractivity (Wildman–Crippen MR) is 122 cm³/mol. The van der Waals surface area contributed by atoms with E-state index in [4.69, 9.17) is 4.55 Å². The zero-order valence-corrected chi connectivity index (χ0v) is 20.4. The predicted octanol–water partition coefficient (Wildman–Crippen LogP) is 4.44. The summed E-state index contributed by atoms with van der Waals surface area (Å²) in [5, 5.41) is 43.8. The topological polar surface area (TPSA) is 221 Å². The van der Waals surface area contributed by atoms with Crippen LogP contribution in [0.5, 0.6) is 0 Å². The summed E-state index contributed by atoms with van der Waals surface area (Å²) in [6, 6.07) is 11.1. The number of nitrogens with one attached hydrogen (secondary N) is 1. The molecular formula is C18H12N6NaO9S. The first kappa shape index (κ1) is 27.4. The van der Waals surface area contributed by atoms with Crippen molar-refractivity contribution in [1.82, 2.24) is 0 Å². The van der Waals surface area contributed by atoms with E-state index in [2.05, 4.69) is 15.5 Å². The molecular weight excluding hydrogens is 499 g/mol. The van der Waals surface area contributed by atoms with Crippen molar-refractivity contribution < 1.29 is 27.7 Å². The van der Waals surface area contributed by atoms with E-state index in [-0.39, 0.29) is 57.2 Å². The first-order valence-electron chi connectivity index (χ1n) is 8.93. The molecule has 0 unspecified atom stereocenters. The van der Waals surface area contributed by atoms with E-state index in [0.717, 1.165) is 36.4 Å². The van der Waals surface area contributed by atoms with Crippen LogP contribution in [0.15, 0.2) is 75.8 Å². The van der Waals surface area contributed by atoms with E-state index in [9.17, 15) is 38.8 Å². The molecule has 0 spiro atoms. The number of hydrogen-bond acceptors (Lipinski definition) is 11. The number of benzene rings is 3. The standard InChI is InChI=1S/C18H12N6O9S.Na/c25-22(26)13-4-8-15(18(10-13)24(29)30)19-12-3-7-16(17(9-12)23(27)28)21-20-11-1-5-14(6-2-11)34(31,32)33;/h1-10,19H,(H,31,32,33);. The van der Waals surface area contributed by atoms with Gasteiger partial charge in [-0.2, -0.15) is 13.5 Å². The van der Waals surface area contributed by atoms with Crippen molar-refractivity contribution in [1.29, 1.82) is 0 Å². The molecule has 3 rings (SSSR count). The van der Waals surface area contributed by atoms with Crippen LogP contribution in [0.4, 0.5) is 39.8 Å². The number of nitro benzene ring substituents is 3. The molecule has 0 saturated carbocycles. The van der Waals surface area contributed by atoms with Gasteiger partial charge in [0.1, 0.15) is 5.69 Å². The Bertz CT molecular complexity index is 1450. The monoisotopic (exact) mass is 511 g/mol. The number of non-ortho nitro benzene ring substituents is 1. The third-order valence-electron chi connectivity index (χ3n) is 4.25. The summed E-state index contributed by atoms with van der Waals surface area (Å²) in [6.07, 6.45) is 0. The van der Waals surface area contributed by atoms with Gasteiger partial charge in [-0.25, -0.2) is 0 Å². The second kappa shape index (κ2) is 11.1. The average Bonchev–Trinajstić information content (AvgIpc) is 2.77. The molecule has 175 valence electrons. The van der Waals surface area contributed by atoms with Gasteiger partial charge in [0.2, 0.25) is 0 Å². The number of nitro groups is 3. The van der Waals surface area contributed by atoms with Crippen LogP contribution in [-0.4, -0.2) is 57.3 Å². The smallest absolute Gasteiger partial charge is 0.299 e.